The highest BCUT2D eigenvalue weighted by Gasteiger charge is 1.98. The summed E-state index contributed by atoms with van der Waals surface area (Å²) in [7, 11) is 0. The van der Waals surface area contributed by atoms with E-state index in [9.17, 15) is 0 Å². The Kier molecular flexibility index (Phi) is 5.15. The normalized spacial score (nSPS) is 9.60. The molecule has 0 spiro atoms. The maximum atomic E-state index is 5.39. The van der Waals surface area contributed by atoms with Crippen LogP contribution in [0.2, 0.25) is 0 Å². The van der Waals surface area contributed by atoms with Gasteiger partial charge in [0.15, 0.2) is 0 Å². The molecule has 4 nitrogen and oxygen atoms in total. The van der Waals surface area contributed by atoms with Gasteiger partial charge in [-0.3, -0.25) is 0 Å². The minimum absolute atomic E-state index is 0.459. The van der Waals surface area contributed by atoms with Gasteiger partial charge in [-0.2, -0.15) is 0 Å². The maximum Gasteiger partial charge on any atom is 0.0153 e. The van der Waals surface area contributed by atoms with Gasteiger partial charge in [-0.25, -0.2) is 0 Å². The molecule has 0 aliphatic rings. The van der Waals surface area contributed by atoms with Gasteiger partial charge < -0.3 is 22.9 Å². The lowest BCUT2D eigenvalue weighted by Crippen LogP contribution is -2.23. The van der Waals surface area contributed by atoms with Gasteiger partial charge in [-0.05, 0) is 11.1 Å². The summed E-state index contributed by atoms with van der Waals surface area (Å²) in [6.45, 7) is 1.83. The Morgan fingerprint density at radius 2 is 0.800 bits per heavy atom. The molecular formula is C6H16N4. The SMILES string of the molecule is NCC(CN)=C(CN)CN. The highest BCUT2D eigenvalue weighted by atomic mass is 14.6. The van der Waals surface area contributed by atoms with Gasteiger partial charge in [-0.1, -0.05) is 0 Å². The number of hydrogen-bond acceptors (Lipinski definition) is 4. The second-order valence-corrected chi connectivity index (χ2v) is 2.02. The fraction of sp³-hybridized carbons (Fsp3) is 0.667. The van der Waals surface area contributed by atoms with Gasteiger partial charge in [0.25, 0.3) is 0 Å². The molecule has 0 heterocycles. The van der Waals surface area contributed by atoms with Crippen molar-refractivity contribution in [2.24, 2.45) is 22.9 Å². The van der Waals surface area contributed by atoms with Crippen molar-refractivity contribution >= 4 is 0 Å². The Morgan fingerprint density at radius 1 is 0.600 bits per heavy atom. The van der Waals surface area contributed by atoms with Crippen molar-refractivity contribution < 1.29 is 0 Å². The average molecular weight is 144 g/mol. The minimum Gasteiger partial charge on any atom is -0.327 e. The molecule has 60 valence electrons. The van der Waals surface area contributed by atoms with Crippen LogP contribution in [-0.2, 0) is 0 Å². The second kappa shape index (κ2) is 5.37. The van der Waals surface area contributed by atoms with E-state index in [0.29, 0.717) is 26.2 Å². The topological polar surface area (TPSA) is 104 Å². The van der Waals surface area contributed by atoms with Crippen LogP contribution in [0.5, 0.6) is 0 Å². The van der Waals surface area contributed by atoms with E-state index in [1.54, 1.807) is 0 Å². The van der Waals surface area contributed by atoms with E-state index in [-0.39, 0.29) is 0 Å². The molecule has 4 heteroatoms. The predicted octanol–water partition coefficient (Wildman–Crippen LogP) is -1.88. The highest BCUT2D eigenvalue weighted by molar-refractivity contribution is 5.18. The third-order valence-electron chi connectivity index (χ3n) is 1.49. The molecule has 0 amide bonds. The predicted molar refractivity (Wildman–Crippen MR) is 43.2 cm³/mol. The summed E-state index contributed by atoms with van der Waals surface area (Å²) in [5, 5.41) is 0. The first-order valence-corrected chi connectivity index (χ1v) is 3.30. The molecule has 0 aliphatic heterocycles. The summed E-state index contributed by atoms with van der Waals surface area (Å²) in [5.74, 6) is 0. The molecule has 0 atom stereocenters. The molecular weight excluding hydrogens is 128 g/mol. The Bertz CT molecular complexity index is 92.9. The van der Waals surface area contributed by atoms with Crippen LogP contribution < -0.4 is 22.9 Å². The standard InChI is InChI=1S/C6H16N4/c7-1-5(2-8)6(3-9)4-10/h1-4,7-10H2. The molecule has 0 aromatic carbocycles. The molecule has 0 aromatic heterocycles. The minimum atomic E-state index is 0.459. The van der Waals surface area contributed by atoms with Crippen molar-refractivity contribution in [1.29, 1.82) is 0 Å². The van der Waals surface area contributed by atoms with Crippen molar-refractivity contribution in [2.75, 3.05) is 26.2 Å². The van der Waals surface area contributed by atoms with Crippen LogP contribution in [-0.4, -0.2) is 26.2 Å². The molecule has 8 N–H and O–H groups in total. The first-order chi connectivity index (χ1) is 4.79. The van der Waals surface area contributed by atoms with Crippen LogP contribution in [0.25, 0.3) is 0 Å². The zero-order valence-electron chi connectivity index (χ0n) is 6.14. The fourth-order valence-corrected chi connectivity index (χ4v) is 0.744. The van der Waals surface area contributed by atoms with E-state index in [0.717, 1.165) is 11.1 Å². The van der Waals surface area contributed by atoms with E-state index >= 15 is 0 Å². The Labute approximate surface area is 61.2 Å². The van der Waals surface area contributed by atoms with Crippen molar-refractivity contribution in [2.45, 2.75) is 0 Å². The zero-order valence-corrected chi connectivity index (χ0v) is 6.14. The molecule has 0 aliphatic carbocycles. The largest absolute Gasteiger partial charge is 0.327 e. The summed E-state index contributed by atoms with van der Waals surface area (Å²) in [6.07, 6.45) is 0. The smallest absolute Gasteiger partial charge is 0.0153 e. The summed E-state index contributed by atoms with van der Waals surface area (Å²) in [5.41, 5.74) is 23.5. The molecule has 0 aromatic rings. The van der Waals surface area contributed by atoms with E-state index in [1.807, 2.05) is 0 Å². The summed E-state index contributed by atoms with van der Waals surface area (Å²) in [6, 6.07) is 0. The molecule has 0 rings (SSSR count). The number of rotatable bonds is 4. The third kappa shape index (κ3) is 2.45. The second-order valence-electron chi connectivity index (χ2n) is 2.02. The van der Waals surface area contributed by atoms with Gasteiger partial charge in [0, 0.05) is 26.2 Å². The Hall–Kier alpha value is -0.420. The molecule has 0 fully saturated rings. The Balaban J connectivity index is 4.20. The number of hydrogen-bond donors (Lipinski definition) is 4. The third-order valence-corrected chi connectivity index (χ3v) is 1.49. The van der Waals surface area contributed by atoms with E-state index in [4.69, 9.17) is 22.9 Å². The zero-order chi connectivity index (χ0) is 7.98. The maximum absolute atomic E-state index is 5.39. The summed E-state index contributed by atoms with van der Waals surface area (Å²) < 4.78 is 0. The lowest BCUT2D eigenvalue weighted by atomic mass is 10.1. The van der Waals surface area contributed by atoms with Crippen LogP contribution in [0.1, 0.15) is 0 Å². The number of nitrogens with two attached hydrogens (primary N) is 4. The van der Waals surface area contributed by atoms with E-state index in [1.165, 1.54) is 0 Å². The van der Waals surface area contributed by atoms with E-state index in [2.05, 4.69) is 0 Å². The lowest BCUT2D eigenvalue weighted by Gasteiger charge is -2.07. The van der Waals surface area contributed by atoms with Gasteiger partial charge in [-0.15, -0.1) is 0 Å². The molecule has 0 bridgehead atoms. The van der Waals surface area contributed by atoms with Crippen LogP contribution in [0, 0.1) is 0 Å². The van der Waals surface area contributed by atoms with Gasteiger partial charge in [0.2, 0.25) is 0 Å². The summed E-state index contributed by atoms with van der Waals surface area (Å²) >= 11 is 0. The Morgan fingerprint density at radius 3 is 0.900 bits per heavy atom. The van der Waals surface area contributed by atoms with Crippen LogP contribution >= 0.6 is 0 Å². The van der Waals surface area contributed by atoms with Crippen LogP contribution in [0.15, 0.2) is 11.1 Å². The first kappa shape index (κ1) is 9.58. The van der Waals surface area contributed by atoms with Crippen molar-refractivity contribution in [1.82, 2.24) is 0 Å². The van der Waals surface area contributed by atoms with E-state index < -0.39 is 0 Å². The van der Waals surface area contributed by atoms with Crippen molar-refractivity contribution in [3.05, 3.63) is 11.1 Å². The van der Waals surface area contributed by atoms with Crippen molar-refractivity contribution in [3.8, 4) is 0 Å². The summed E-state index contributed by atoms with van der Waals surface area (Å²) in [4.78, 5) is 0. The molecule has 0 saturated heterocycles. The van der Waals surface area contributed by atoms with Gasteiger partial charge >= 0.3 is 0 Å². The molecule has 0 saturated carbocycles. The lowest BCUT2D eigenvalue weighted by molar-refractivity contribution is 0.934. The van der Waals surface area contributed by atoms with Crippen LogP contribution in [0.3, 0.4) is 0 Å². The first-order valence-electron chi connectivity index (χ1n) is 3.30. The average Bonchev–Trinajstić information content (AvgIpc) is 2.00. The molecule has 0 unspecified atom stereocenters. The van der Waals surface area contributed by atoms with Crippen molar-refractivity contribution in [3.63, 3.8) is 0 Å². The molecule has 0 radical (unpaired) electrons. The fourth-order valence-electron chi connectivity index (χ4n) is 0.744. The molecule has 10 heavy (non-hydrogen) atoms. The van der Waals surface area contributed by atoms with Gasteiger partial charge in [0.1, 0.15) is 0 Å². The van der Waals surface area contributed by atoms with Gasteiger partial charge in [0.05, 0.1) is 0 Å². The van der Waals surface area contributed by atoms with Crippen LogP contribution in [0.4, 0.5) is 0 Å². The highest BCUT2D eigenvalue weighted by Crippen LogP contribution is 1.96. The monoisotopic (exact) mass is 144 g/mol. The quantitative estimate of drug-likeness (QED) is 0.346.